The average molecular weight is 504 g/mol. The molecule has 4 aromatic rings. The lowest BCUT2D eigenvalue weighted by Gasteiger charge is -2.40. The molecule has 9 nitrogen and oxygen atoms in total. The summed E-state index contributed by atoms with van der Waals surface area (Å²) in [7, 11) is -2.28. The highest BCUT2D eigenvalue weighted by Gasteiger charge is 2.32. The Morgan fingerprint density at radius 1 is 1.06 bits per heavy atom. The molecule has 1 aliphatic rings. The summed E-state index contributed by atoms with van der Waals surface area (Å²) in [5.41, 5.74) is 2.74. The Balaban J connectivity index is 1.27. The van der Waals surface area contributed by atoms with Gasteiger partial charge in [0.1, 0.15) is 10.6 Å². The van der Waals surface area contributed by atoms with E-state index in [9.17, 15) is 13.2 Å². The second-order valence-electron chi connectivity index (χ2n) is 8.59. The number of benzene rings is 2. The van der Waals surface area contributed by atoms with Crippen molar-refractivity contribution < 1.29 is 17.9 Å². The van der Waals surface area contributed by atoms with Crippen LogP contribution in [-0.4, -0.2) is 55.4 Å². The summed E-state index contributed by atoms with van der Waals surface area (Å²) in [6, 6.07) is 15.4. The third-order valence-corrected chi connectivity index (χ3v) is 7.53. The summed E-state index contributed by atoms with van der Waals surface area (Å²) in [4.78, 5) is 23.2. The molecule has 1 fully saturated rings. The number of nitrogens with one attached hydrogen (secondary N) is 2. The minimum absolute atomic E-state index is 0.0912. The van der Waals surface area contributed by atoms with E-state index in [2.05, 4.69) is 20.0 Å². The second kappa shape index (κ2) is 9.46. The van der Waals surface area contributed by atoms with Crippen LogP contribution in [0.25, 0.3) is 10.9 Å². The number of rotatable bonds is 7. The number of fused-ring (bicyclic) bond motifs is 1. The van der Waals surface area contributed by atoms with Gasteiger partial charge in [0.15, 0.2) is 0 Å². The predicted molar refractivity (Wildman–Crippen MR) is 138 cm³/mol. The molecule has 184 valence electrons. The number of carbonyl (C=O) groups is 1. The smallest absolute Gasteiger partial charge is 0.264 e. The molecular weight excluding hydrogens is 478 g/mol. The van der Waals surface area contributed by atoms with Gasteiger partial charge in [0.2, 0.25) is 0 Å². The number of aromatic nitrogens is 2. The minimum atomic E-state index is -3.88. The zero-order valence-corrected chi connectivity index (χ0v) is 20.6. The van der Waals surface area contributed by atoms with Crippen LogP contribution >= 0.6 is 0 Å². The number of amides is 1. The standard InChI is InChI=1S/C26H25N5O4S/c1-17-13-19(26(32)31-15-20(16-31)29-22-14-27-12-10-23(22)35-2)8-9-21(17)30-36(33,34)24-7-3-5-18-6-4-11-28-25(18)24/h3-14,20,29-30H,15-16H2,1-2H3. The van der Waals surface area contributed by atoms with Crippen molar-refractivity contribution >= 4 is 38.2 Å². The van der Waals surface area contributed by atoms with Crippen LogP contribution in [0, 0.1) is 6.92 Å². The van der Waals surface area contributed by atoms with Gasteiger partial charge in [-0.25, -0.2) is 8.42 Å². The molecule has 36 heavy (non-hydrogen) atoms. The SMILES string of the molecule is COc1ccncc1NC1CN(C(=O)c2ccc(NS(=O)(=O)c3cccc4cccnc34)c(C)c2)C1. The van der Waals surface area contributed by atoms with Crippen LogP contribution in [-0.2, 0) is 10.0 Å². The number of anilines is 2. The molecule has 0 aliphatic carbocycles. The number of carbonyl (C=O) groups excluding carboxylic acids is 1. The highest BCUT2D eigenvalue weighted by Crippen LogP contribution is 2.28. The quantitative estimate of drug-likeness (QED) is 0.395. The Labute approximate surface area is 209 Å². The fraction of sp³-hybridized carbons (Fsp3) is 0.192. The van der Waals surface area contributed by atoms with E-state index in [4.69, 9.17) is 4.74 Å². The molecule has 10 heteroatoms. The summed E-state index contributed by atoms with van der Waals surface area (Å²) in [5.74, 6) is 0.588. The topological polar surface area (TPSA) is 114 Å². The van der Waals surface area contributed by atoms with Crippen molar-refractivity contribution in [1.82, 2.24) is 14.9 Å². The van der Waals surface area contributed by atoms with Crippen molar-refractivity contribution in [3.8, 4) is 5.75 Å². The summed E-state index contributed by atoms with van der Waals surface area (Å²) in [6.07, 6.45) is 4.92. The van der Waals surface area contributed by atoms with Gasteiger partial charge in [-0.05, 0) is 42.8 Å². The van der Waals surface area contributed by atoms with Crippen LogP contribution in [0.5, 0.6) is 5.75 Å². The van der Waals surface area contributed by atoms with Crippen molar-refractivity contribution in [2.24, 2.45) is 0 Å². The van der Waals surface area contributed by atoms with E-state index < -0.39 is 10.0 Å². The molecule has 1 saturated heterocycles. The maximum atomic E-state index is 13.1. The summed E-state index contributed by atoms with van der Waals surface area (Å²) >= 11 is 0. The van der Waals surface area contributed by atoms with Crippen molar-refractivity contribution in [1.29, 1.82) is 0 Å². The van der Waals surface area contributed by atoms with Crippen molar-refractivity contribution in [2.75, 3.05) is 30.2 Å². The van der Waals surface area contributed by atoms with Crippen LogP contribution in [0.1, 0.15) is 15.9 Å². The Morgan fingerprint density at radius 3 is 2.64 bits per heavy atom. The van der Waals surface area contributed by atoms with Crippen LogP contribution in [0.3, 0.4) is 0 Å². The van der Waals surface area contributed by atoms with E-state index in [1.165, 1.54) is 6.07 Å². The molecule has 0 atom stereocenters. The molecule has 3 heterocycles. The number of methoxy groups -OCH3 is 1. The highest BCUT2D eigenvalue weighted by molar-refractivity contribution is 7.93. The monoisotopic (exact) mass is 503 g/mol. The molecule has 5 rings (SSSR count). The molecule has 1 amide bonds. The summed E-state index contributed by atoms with van der Waals surface area (Å²) < 4.78 is 34.2. The summed E-state index contributed by atoms with van der Waals surface area (Å²) in [5, 5.41) is 4.08. The lowest BCUT2D eigenvalue weighted by atomic mass is 10.0. The fourth-order valence-electron chi connectivity index (χ4n) is 4.21. The molecular formula is C26H25N5O4S. The number of para-hydroxylation sites is 1. The summed E-state index contributed by atoms with van der Waals surface area (Å²) in [6.45, 7) is 2.85. The first-order chi connectivity index (χ1) is 17.4. The van der Waals surface area contributed by atoms with Gasteiger partial charge in [-0.3, -0.25) is 19.5 Å². The van der Waals surface area contributed by atoms with Gasteiger partial charge >= 0.3 is 0 Å². The first-order valence-electron chi connectivity index (χ1n) is 11.4. The maximum absolute atomic E-state index is 13.1. The molecule has 0 radical (unpaired) electrons. The zero-order chi connectivity index (χ0) is 25.3. The van der Waals surface area contributed by atoms with Gasteiger partial charge in [0.05, 0.1) is 36.2 Å². The van der Waals surface area contributed by atoms with E-state index >= 15 is 0 Å². The van der Waals surface area contributed by atoms with Crippen molar-refractivity contribution in [2.45, 2.75) is 17.9 Å². The number of hydrogen-bond acceptors (Lipinski definition) is 7. The lowest BCUT2D eigenvalue weighted by Crippen LogP contribution is -2.57. The Kier molecular flexibility index (Phi) is 6.19. The van der Waals surface area contributed by atoms with E-state index in [-0.39, 0.29) is 16.8 Å². The Bertz CT molecular complexity index is 1550. The molecule has 0 saturated carbocycles. The van der Waals surface area contributed by atoms with Crippen LogP contribution < -0.4 is 14.8 Å². The number of nitrogens with zero attached hydrogens (tertiary/aromatic N) is 3. The average Bonchev–Trinajstić information content (AvgIpc) is 2.86. The van der Waals surface area contributed by atoms with Gasteiger partial charge < -0.3 is 15.0 Å². The van der Waals surface area contributed by atoms with Gasteiger partial charge in [-0.15, -0.1) is 0 Å². The fourth-order valence-corrected chi connectivity index (χ4v) is 5.52. The molecule has 2 N–H and O–H groups in total. The Morgan fingerprint density at radius 2 is 1.86 bits per heavy atom. The normalized spacial score (nSPS) is 13.8. The van der Waals surface area contributed by atoms with Crippen LogP contribution in [0.15, 0.2) is 78.1 Å². The molecule has 0 unspecified atom stereocenters. The number of likely N-dealkylation sites (tertiary alicyclic amines) is 1. The first kappa shape index (κ1) is 23.6. The number of sulfonamides is 1. The second-order valence-corrected chi connectivity index (χ2v) is 10.2. The maximum Gasteiger partial charge on any atom is 0.264 e. The third-order valence-electron chi connectivity index (χ3n) is 6.13. The number of pyridine rings is 2. The predicted octanol–water partition coefficient (Wildman–Crippen LogP) is 3.68. The molecule has 0 bridgehead atoms. The van der Waals surface area contributed by atoms with Gasteiger partial charge in [-0.2, -0.15) is 0 Å². The van der Waals surface area contributed by atoms with E-state index in [0.29, 0.717) is 41.2 Å². The number of ether oxygens (including phenoxy) is 1. The van der Waals surface area contributed by atoms with Gasteiger partial charge in [0, 0.05) is 42.5 Å². The van der Waals surface area contributed by atoms with Crippen LogP contribution in [0.2, 0.25) is 0 Å². The number of hydrogen-bond donors (Lipinski definition) is 2. The molecule has 2 aromatic heterocycles. The lowest BCUT2D eigenvalue weighted by molar-refractivity contribution is 0.0625. The third kappa shape index (κ3) is 4.55. The highest BCUT2D eigenvalue weighted by atomic mass is 32.2. The van der Waals surface area contributed by atoms with E-state index in [0.717, 1.165) is 11.1 Å². The largest absolute Gasteiger partial charge is 0.494 e. The van der Waals surface area contributed by atoms with Crippen molar-refractivity contribution in [3.63, 3.8) is 0 Å². The molecule has 1 aliphatic heterocycles. The molecule has 2 aromatic carbocycles. The first-order valence-corrected chi connectivity index (χ1v) is 12.8. The van der Waals surface area contributed by atoms with E-state index in [1.807, 2.05) is 12.1 Å². The van der Waals surface area contributed by atoms with Gasteiger partial charge in [0.25, 0.3) is 15.9 Å². The van der Waals surface area contributed by atoms with E-state index in [1.54, 1.807) is 73.9 Å². The number of aryl methyl sites for hydroxylation is 1. The van der Waals surface area contributed by atoms with Crippen molar-refractivity contribution in [3.05, 3.63) is 84.3 Å². The zero-order valence-electron chi connectivity index (χ0n) is 19.8. The molecule has 0 spiro atoms. The Hall–Kier alpha value is -4.18. The van der Waals surface area contributed by atoms with Gasteiger partial charge in [-0.1, -0.05) is 18.2 Å². The minimum Gasteiger partial charge on any atom is -0.494 e. The van der Waals surface area contributed by atoms with Crippen LogP contribution in [0.4, 0.5) is 11.4 Å².